The van der Waals surface area contributed by atoms with E-state index in [0.717, 1.165) is 24.0 Å². The van der Waals surface area contributed by atoms with Crippen LogP contribution in [0.15, 0.2) is 18.2 Å². The molecule has 0 aromatic heterocycles. The summed E-state index contributed by atoms with van der Waals surface area (Å²) in [6, 6.07) is 5.74. The zero-order chi connectivity index (χ0) is 16.8. The van der Waals surface area contributed by atoms with Crippen LogP contribution in [0.1, 0.15) is 37.8 Å². The maximum Gasteiger partial charge on any atom is 0.232 e. The maximum atomic E-state index is 12.2. The van der Waals surface area contributed by atoms with Gasteiger partial charge in [0.1, 0.15) is 0 Å². The minimum atomic E-state index is -3.44. The molecule has 0 aliphatic carbocycles. The first-order chi connectivity index (χ1) is 10.3. The molecule has 0 radical (unpaired) electrons. The molecular weight excluding hydrogens is 300 g/mol. The number of benzene rings is 1. The Morgan fingerprint density at radius 2 is 1.95 bits per heavy atom. The van der Waals surface area contributed by atoms with Crippen LogP contribution in [0.3, 0.4) is 0 Å². The lowest BCUT2D eigenvalue weighted by atomic mass is 10.1. The highest BCUT2D eigenvalue weighted by atomic mass is 32.2. The van der Waals surface area contributed by atoms with E-state index in [2.05, 4.69) is 5.32 Å². The van der Waals surface area contributed by atoms with E-state index in [0.29, 0.717) is 12.2 Å². The largest absolute Gasteiger partial charge is 0.356 e. The molecule has 1 aromatic rings. The number of para-hydroxylation sites is 1. The number of carbonyl (C=O) groups excluding carboxylic acids is 1. The number of aryl methyl sites for hydroxylation is 2. The van der Waals surface area contributed by atoms with E-state index in [4.69, 9.17) is 0 Å². The molecule has 0 fully saturated rings. The van der Waals surface area contributed by atoms with Crippen molar-refractivity contribution in [3.05, 3.63) is 29.3 Å². The Balaban J connectivity index is 3.04. The first kappa shape index (κ1) is 18.5. The Bertz CT molecular complexity index is 612. The second-order valence-corrected chi connectivity index (χ2v) is 7.28. The number of sulfonamides is 1. The van der Waals surface area contributed by atoms with Crippen molar-refractivity contribution < 1.29 is 13.2 Å². The van der Waals surface area contributed by atoms with E-state index in [9.17, 15) is 13.2 Å². The van der Waals surface area contributed by atoms with Gasteiger partial charge in [-0.05, 0) is 30.9 Å². The summed E-state index contributed by atoms with van der Waals surface area (Å²) in [5, 5.41) is 2.77. The number of nitrogens with one attached hydrogen (secondary N) is 1. The molecular formula is C16H26N2O3S. The molecule has 0 aliphatic heterocycles. The molecule has 1 amide bonds. The van der Waals surface area contributed by atoms with Gasteiger partial charge in [-0.15, -0.1) is 0 Å². The molecule has 0 saturated carbocycles. The molecule has 6 heteroatoms. The van der Waals surface area contributed by atoms with E-state index in [1.54, 1.807) is 0 Å². The van der Waals surface area contributed by atoms with Crippen LogP contribution >= 0.6 is 0 Å². The zero-order valence-corrected chi connectivity index (χ0v) is 14.7. The third-order valence-electron chi connectivity index (χ3n) is 3.47. The number of anilines is 1. The molecule has 0 aliphatic rings. The van der Waals surface area contributed by atoms with Gasteiger partial charge in [0.05, 0.1) is 11.9 Å². The van der Waals surface area contributed by atoms with Crippen molar-refractivity contribution in [2.75, 3.05) is 23.7 Å². The summed E-state index contributed by atoms with van der Waals surface area (Å²) in [5.41, 5.74) is 2.58. The Hall–Kier alpha value is -1.56. The quantitative estimate of drug-likeness (QED) is 0.797. The van der Waals surface area contributed by atoms with Crippen molar-refractivity contribution in [2.45, 2.75) is 40.0 Å². The number of carbonyl (C=O) groups is 1. The molecule has 1 aromatic carbocycles. The van der Waals surface area contributed by atoms with E-state index in [1.807, 2.05) is 39.0 Å². The van der Waals surface area contributed by atoms with Crippen molar-refractivity contribution in [2.24, 2.45) is 0 Å². The van der Waals surface area contributed by atoms with E-state index in [-0.39, 0.29) is 18.9 Å². The fourth-order valence-electron chi connectivity index (χ4n) is 2.36. The molecule has 5 nitrogen and oxygen atoms in total. The SMILES string of the molecule is CCCNC(=O)CCN(c1c(C)cccc1CC)S(C)(=O)=O. The van der Waals surface area contributed by atoms with Gasteiger partial charge in [0, 0.05) is 19.5 Å². The Kier molecular flexibility index (Phi) is 6.87. The van der Waals surface area contributed by atoms with Crippen LogP contribution in [0.25, 0.3) is 0 Å². The molecule has 1 N–H and O–H groups in total. The first-order valence-electron chi connectivity index (χ1n) is 7.64. The molecule has 0 saturated heterocycles. The lowest BCUT2D eigenvalue weighted by Crippen LogP contribution is -2.35. The molecule has 0 unspecified atom stereocenters. The highest BCUT2D eigenvalue weighted by Crippen LogP contribution is 2.28. The summed E-state index contributed by atoms with van der Waals surface area (Å²) in [6.07, 6.45) is 2.94. The van der Waals surface area contributed by atoms with Crippen molar-refractivity contribution in [1.29, 1.82) is 0 Å². The van der Waals surface area contributed by atoms with Gasteiger partial charge >= 0.3 is 0 Å². The van der Waals surface area contributed by atoms with Crippen LogP contribution in [0.5, 0.6) is 0 Å². The van der Waals surface area contributed by atoms with Gasteiger partial charge in [-0.3, -0.25) is 9.10 Å². The average molecular weight is 326 g/mol. The Morgan fingerprint density at radius 3 is 2.50 bits per heavy atom. The predicted octanol–water partition coefficient (Wildman–Crippen LogP) is 2.24. The molecule has 124 valence electrons. The van der Waals surface area contributed by atoms with Crippen molar-refractivity contribution in [1.82, 2.24) is 5.32 Å². The molecule has 0 atom stereocenters. The van der Waals surface area contributed by atoms with Gasteiger partial charge in [0.2, 0.25) is 15.9 Å². The van der Waals surface area contributed by atoms with Crippen LogP contribution in [-0.4, -0.2) is 33.7 Å². The summed E-state index contributed by atoms with van der Waals surface area (Å²) in [5.74, 6) is -0.123. The average Bonchev–Trinajstić information content (AvgIpc) is 2.45. The predicted molar refractivity (Wildman–Crippen MR) is 90.7 cm³/mol. The van der Waals surface area contributed by atoms with E-state index in [1.165, 1.54) is 10.6 Å². The van der Waals surface area contributed by atoms with Crippen LogP contribution in [0.4, 0.5) is 5.69 Å². The summed E-state index contributed by atoms with van der Waals surface area (Å²) >= 11 is 0. The van der Waals surface area contributed by atoms with Crippen LogP contribution in [0.2, 0.25) is 0 Å². The van der Waals surface area contributed by atoms with Gasteiger partial charge in [0.25, 0.3) is 0 Å². The van der Waals surface area contributed by atoms with Crippen LogP contribution in [-0.2, 0) is 21.2 Å². The van der Waals surface area contributed by atoms with Crippen molar-refractivity contribution in [3.8, 4) is 0 Å². The van der Waals surface area contributed by atoms with E-state index < -0.39 is 10.0 Å². The topological polar surface area (TPSA) is 66.5 Å². The molecule has 0 spiro atoms. The third kappa shape index (κ3) is 5.02. The highest BCUT2D eigenvalue weighted by Gasteiger charge is 2.22. The summed E-state index contributed by atoms with van der Waals surface area (Å²) in [6.45, 7) is 6.63. The minimum absolute atomic E-state index is 0.123. The van der Waals surface area contributed by atoms with Crippen LogP contribution in [0, 0.1) is 6.92 Å². The summed E-state index contributed by atoms with van der Waals surface area (Å²) in [4.78, 5) is 11.8. The zero-order valence-electron chi connectivity index (χ0n) is 13.8. The summed E-state index contributed by atoms with van der Waals surface area (Å²) < 4.78 is 25.7. The number of amides is 1. The fourth-order valence-corrected chi connectivity index (χ4v) is 3.38. The standard InChI is InChI=1S/C16H26N2O3S/c1-5-11-17-15(19)10-12-18(22(4,20)21)16-13(3)8-7-9-14(16)6-2/h7-9H,5-6,10-12H2,1-4H3,(H,17,19). The van der Waals surface area contributed by atoms with Gasteiger partial charge in [0.15, 0.2) is 0 Å². The Labute approximate surface area is 133 Å². The second kappa shape index (κ2) is 8.17. The van der Waals surface area contributed by atoms with Crippen molar-refractivity contribution in [3.63, 3.8) is 0 Å². The second-order valence-electron chi connectivity index (χ2n) is 5.37. The third-order valence-corrected chi connectivity index (χ3v) is 4.63. The minimum Gasteiger partial charge on any atom is -0.356 e. The highest BCUT2D eigenvalue weighted by molar-refractivity contribution is 7.92. The molecule has 1 rings (SSSR count). The van der Waals surface area contributed by atoms with Gasteiger partial charge in [-0.2, -0.15) is 0 Å². The van der Waals surface area contributed by atoms with Crippen LogP contribution < -0.4 is 9.62 Å². The Morgan fingerprint density at radius 1 is 1.27 bits per heavy atom. The smallest absolute Gasteiger partial charge is 0.232 e. The lowest BCUT2D eigenvalue weighted by Gasteiger charge is -2.26. The monoisotopic (exact) mass is 326 g/mol. The normalized spacial score (nSPS) is 11.3. The lowest BCUT2D eigenvalue weighted by molar-refractivity contribution is -0.120. The molecule has 0 heterocycles. The van der Waals surface area contributed by atoms with Crippen molar-refractivity contribution >= 4 is 21.6 Å². The molecule has 22 heavy (non-hydrogen) atoms. The number of hydrogen-bond donors (Lipinski definition) is 1. The number of nitrogens with zero attached hydrogens (tertiary/aromatic N) is 1. The number of hydrogen-bond acceptors (Lipinski definition) is 3. The van der Waals surface area contributed by atoms with Gasteiger partial charge in [-0.25, -0.2) is 8.42 Å². The van der Waals surface area contributed by atoms with Gasteiger partial charge in [-0.1, -0.05) is 32.0 Å². The van der Waals surface area contributed by atoms with E-state index >= 15 is 0 Å². The summed E-state index contributed by atoms with van der Waals surface area (Å²) in [7, 11) is -3.44. The van der Waals surface area contributed by atoms with Gasteiger partial charge < -0.3 is 5.32 Å². The molecule has 0 bridgehead atoms. The maximum absolute atomic E-state index is 12.2. The number of rotatable bonds is 8. The first-order valence-corrected chi connectivity index (χ1v) is 9.49. The fraction of sp³-hybridized carbons (Fsp3) is 0.562.